The van der Waals surface area contributed by atoms with Crippen molar-refractivity contribution in [3.8, 4) is 0 Å². The Hall–Kier alpha value is -3.09. The summed E-state index contributed by atoms with van der Waals surface area (Å²) < 4.78 is 10.1. The summed E-state index contributed by atoms with van der Waals surface area (Å²) in [7, 11) is 1.29. The Morgan fingerprint density at radius 2 is 2.11 bits per heavy atom. The normalized spacial score (nSPS) is 30.9. The molecule has 0 radical (unpaired) electrons. The van der Waals surface area contributed by atoms with E-state index in [0.717, 1.165) is 16.8 Å². The molecule has 4 atom stereocenters. The number of hydrogen-bond donors (Lipinski definition) is 1. The van der Waals surface area contributed by atoms with E-state index in [2.05, 4.69) is 5.32 Å². The van der Waals surface area contributed by atoms with Crippen LogP contribution in [0.2, 0.25) is 0 Å². The SMILES string of the molecule is COC(=O)[C@H]1C(=O)N2CC[C@]3(C(=O)Nc4ccccc43)[C@H]2C[C@@H]1c1ccoc1. The van der Waals surface area contributed by atoms with E-state index in [-0.39, 0.29) is 17.9 Å². The van der Waals surface area contributed by atoms with Crippen LogP contribution in [0, 0.1) is 5.92 Å². The van der Waals surface area contributed by atoms with E-state index < -0.39 is 23.2 Å². The lowest BCUT2D eigenvalue weighted by Gasteiger charge is -2.43. The van der Waals surface area contributed by atoms with Gasteiger partial charge in [-0.1, -0.05) is 18.2 Å². The topological polar surface area (TPSA) is 88.9 Å². The number of benzene rings is 1. The zero-order chi connectivity index (χ0) is 19.5. The Bertz CT molecular complexity index is 969. The third-order valence-electron chi connectivity index (χ3n) is 6.61. The summed E-state index contributed by atoms with van der Waals surface area (Å²) in [5.74, 6) is -2.21. The van der Waals surface area contributed by atoms with E-state index in [9.17, 15) is 14.4 Å². The van der Waals surface area contributed by atoms with Crippen molar-refractivity contribution in [3.05, 3.63) is 54.0 Å². The van der Waals surface area contributed by atoms with Crippen molar-refractivity contribution in [2.24, 2.45) is 5.92 Å². The number of amides is 2. The number of methoxy groups -OCH3 is 1. The fraction of sp³-hybridized carbons (Fsp3) is 0.381. The van der Waals surface area contributed by atoms with Gasteiger partial charge in [0.15, 0.2) is 0 Å². The van der Waals surface area contributed by atoms with Crippen molar-refractivity contribution in [3.63, 3.8) is 0 Å². The molecule has 0 saturated carbocycles. The number of nitrogens with zero attached hydrogens (tertiary/aromatic N) is 1. The molecule has 2 amide bonds. The molecule has 1 aromatic heterocycles. The first kappa shape index (κ1) is 17.0. The number of anilines is 1. The molecule has 7 heteroatoms. The second kappa shape index (κ2) is 5.95. The highest BCUT2D eigenvalue weighted by molar-refractivity contribution is 6.08. The summed E-state index contributed by atoms with van der Waals surface area (Å²) in [6.45, 7) is 0.441. The molecule has 3 aliphatic rings. The van der Waals surface area contributed by atoms with Gasteiger partial charge in [-0.05, 0) is 36.1 Å². The molecule has 28 heavy (non-hydrogen) atoms. The standard InChI is InChI=1S/C21H20N2O5/c1-27-19(25)17-13(12-6-9-28-11-12)10-16-21(7-8-23(16)18(17)24)14-4-2-3-5-15(14)22-20(21)26/h2-6,9,11,13,16-17H,7-8,10H2,1H3,(H,22,26)/t13-,16-,17-,21-/m1/s1. The van der Waals surface area contributed by atoms with Gasteiger partial charge in [0.1, 0.15) is 5.92 Å². The molecule has 5 rings (SSSR count). The Labute approximate surface area is 161 Å². The minimum atomic E-state index is -0.922. The smallest absolute Gasteiger partial charge is 0.318 e. The van der Waals surface area contributed by atoms with E-state index in [0.29, 0.717) is 19.4 Å². The minimum absolute atomic E-state index is 0.0727. The number of fused-ring (bicyclic) bond motifs is 4. The summed E-state index contributed by atoms with van der Waals surface area (Å²) in [6.07, 6.45) is 4.13. The second-order valence-electron chi connectivity index (χ2n) is 7.67. The minimum Gasteiger partial charge on any atom is -0.472 e. The van der Waals surface area contributed by atoms with Gasteiger partial charge in [0.25, 0.3) is 0 Å². The summed E-state index contributed by atoms with van der Waals surface area (Å²) in [5.41, 5.74) is 1.73. The van der Waals surface area contributed by atoms with Crippen molar-refractivity contribution in [1.29, 1.82) is 0 Å². The fourth-order valence-electron chi connectivity index (χ4n) is 5.33. The van der Waals surface area contributed by atoms with Gasteiger partial charge in [0, 0.05) is 18.2 Å². The van der Waals surface area contributed by atoms with Gasteiger partial charge in [-0.25, -0.2) is 0 Å². The van der Waals surface area contributed by atoms with Crippen LogP contribution in [0.3, 0.4) is 0 Å². The number of piperidine rings is 1. The number of ether oxygens (including phenoxy) is 1. The Balaban J connectivity index is 1.62. The van der Waals surface area contributed by atoms with Crippen molar-refractivity contribution >= 4 is 23.5 Å². The van der Waals surface area contributed by atoms with Crippen LogP contribution >= 0.6 is 0 Å². The molecule has 1 spiro atoms. The van der Waals surface area contributed by atoms with Gasteiger partial charge >= 0.3 is 5.97 Å². The molecule has 4 heterocycles. The third-order valence-corrected chi connectivity index (χ3v) is 6.61. The molecule has 2 fully saturated rings. The first-order chi connectivity index (χ1) is 13.6. The molecule has 7 nitrogen and oxygen atoms in total. The Morgan fingerprint density at radius 3 is 2.86 bits per heavy atom. The van der Waals surface area contributed by atoms with Crippen LogP contribution in [-0.2, 0) is 24.5 Å². The van der Waals surface area contributed by atoms with Gasteiger partial charge in [-0.15, -0.1) is 0 Å². The zero-order valence-corrected chi connectivity index (χ0v) is 15.4. The summed E-state index contributed by atoms with van der Waals surface area (Å²) in [4.78, 5) is 40.6. The Kier molecular flexibility index (Phi) is 3.62. The van der Waals surface area contributed by atoms with Crippen molar-refractivity contribution in [2.45, 2.75) is 30.2 Å². The molecule has 1 N–H and O–H groups in total. The van der Waals surface area contributed by atoms with E-state index in [1.54, 1.807) is 17.2 Å². The fourth-order valence-corrected chi connectivity index (χ4v) is 5.33. The molecule has 2 saturated heterocycles. The van der Waals surface area contributed by atoms with Crippen LogP contribution in [0.25, 0.3) is 0 Å². The monoisotopic (exact) mass is 380 g/mol. The molecule has 0 aliphatic carbocycles. The quantitative estimate of drug-likeness (QED) is 0.636. The van der Waals surface area contributed by atoms with Crippen molar-refractivity contribution in [1.82, 2.24) is 4.90 Å². The van der Waals surface area contributed by atoms with Crippen LogP contribution < -0.4 is 5.32 Å². The highest BCUT2D eigenvalue weighted by Gasteiger charge is 2.63. The van der Waals surface area contributed by atoms with Crippen LogP contribution in [0.1, 0.15) is 29.9 Å². The van der Waals surface area contributed by atoms with Crippen LogP contribution in [0.15, 0.2) is 47.3 Å². The third kappa shape index (κ3) is 2.07. The molecule has 0 bridgehead atoms. The number of carbonyl (C=O) groups excluding carboxylic acids is 3. The van der Waals surface area contributed by atoms with E-state index in [1.807, 2.05) is 24.3 Å². The summed E-state index contributed by atoms with van der Waals surface area (Å²) in [6, 6.07) is 9.11. The second-order valence-corrected chi connectivity index (χ2v) is 7.67. The van der Waals surface area contributed by atoms with Crippen LogP contribution in [-0.4, -0.2) is 42.4 Å². The maximum absolute atomic E-state index is 13.3. The zero-order valence-electron chi connectivity index (χ0n) is 15.4. The number of hydrogen-bond acceptors (Lipinski definition) is 5. The van der Waals surface area contributed by atoms with Gasteiger partial charge < -0.3 is 19.4 Å². The van der Waals surface area contributed by atoms with E-state index in [1.165, 1.54) is 13.4 Å². The molecule has 144 valence electrons. The highest BCUT2D eigenvalue weighted by Crippen LogP contribution is 2.53. The number of furan rings is 1. The molecular formula is C21H20N2O5. The van der Waals surface area contributed by atoms with Crippen molar-refractivity contribution in [2.75, 3.05) is 19.0 Å². The first-order valence-corrected chi connectivity index (χ1v) is 9.39. The number of rotatable bonds is 2. The summed E-state index contributed by atoms with van der Waals surface area (Å²) >= 11 is 0. The summed E-state index contributed by atoms with van der Waals surface area (Å²) in [5, 5.41) is 2.99. The Morgan fingerprint density at radius 1 is 1.29 bits per heavy atom. The lowest BCUT2D eigenvalue weighted by molar-refractivity contribution is -0.158. The highest BCUT2D eigenvalue weighted by atomic mass is 16.5. The molecule has 1 aromatic carbocycles. The molecule has 0 unspecified atom stereocenters. The molecule has 3 aliphatic heterocycles. The molecular weight excluding hydrogens is 360 g/mol. The van der Waals surface area contributed by atoms with Gasteiger partial charge in [0.05, 0.1) is 31.1 Å². The average Bonchev–Trinajstić information content (AvgIpc) is 3.42. The van der Waals surface area contributed by atoms with Gasteiger partial charge in [-0.2, -0.15) is 0 Å². The van der Waals surface area contributed by atoms with E-state index in [4.69, 9.17) is 9.15 Å². The van der Waals surface area contributed by atoms with Gasteiger partial charge in [-0.3, -0.25) is 14.4 Å². The lowest BCUT2D eigenvalue weighted by atomic mass is 9.68. The van der Waals surface area contributed by atoms with Crippen molar-refractivity contribution < 1.29 is 23.5 Å². The van der Waals surface area contributed by atoms with Gasteiger partial charge in [0.2, 0.25) is 11.8 Å². The maximum Gasteiger partial charge on any atom is 0.318 e. The largest absolute Gasteiger partial charge is 0.472 e. The van der Waals surface area contributed by atoms with Crippen LogP contribution in [0.5, 0.6) is 0 Å². The number of carbonyl (C=O) groups is 3. The lowest BCUT2D eigenvalue weighted by Crippen LogP contribution is -2.56. The number of para-hydroxylation sites is 1. The number of nitrogens with one attached hydrogen (secondary N) is 1. The number of esters is 1. The van der Waals surface area contributed by atoms with Crippen LogP contribution in [0.4, 0.5) is 5.69 Å². The predicted octanol–water partition coefficient (Wildman–Crippen LogP) is 2.05. The predicted molar refractivity (Wildman–Crippen MR) is 98.4 cm³/mol. The average molecular weight is 380 g/mol. The molecule has 2 aromatic rings. The van der Waals surface area contributed by atoms with E-state index >= 15 is 0 Å². The first-order valence-electron chi connectivity index (χ1n) is 9.39. The maximum atomic E-state index is 13.3.